The first-order valence-corrected chi connectivity index (χ1v) is 29.4. The number of nitrogens with zero attached hydrogens (tertiary/aromatic N) is 5. The number of aromatic hydroxyl groups is 4. The number of carbonyl (C=O) groups is 2. The summed E-state index contributed by atoms with van der Waals surface area (Å²) in [6, 6.07) is 1.66. The predicted molar refractivity (Wildman–Crippen MR) is 330 cm³/mol. The van der Waals surface area contributed by atoms with E-state index < -0.39 is 45.2 Å². The molecule has 1 saturated heterocycles. The van der Waals surface area contributed by atoms with Crippen LogP contribution in [0.2, 0.25) is 0 Å². The summed E-state index contributed by atoms with van der Waals surface area (Å²) in [5.74, 6) is -2.49. The van der Waals surface area contributed by atoms with Crippen molar-refractivity contribution >= 4 is 45.1 Å². The first-order chi connectivity index (χ1) is 38.5. The second kappa shape index (κ2) is 29.3. The number of hydrogen-bond acceptors (Lipinski definition) is 21. The lowest BCUT2D eigenvalue weighted by atomic mass is 9.88. The highest BCUT2D eigenvalue weighted by atomic mass is 32.2. The highest BCUT2D eigenvalue weighted by Gasteiger charge is 2.42. The molecule has 486 valence electrons. The maximum Gasteiger partial charge on any atom is 0.419 e. The van der Waals surface area contributed by atoms with Gasteiger partial charge in [-0.3, -0.25) is 38.5 Å². The van der Waals surface area contributed by atoms with Crippen LogP contribution < -0.4 is 37.5 Å². The highest BCUT2D eigenvalue weighted by Crippen LogP contribution is 2.34. The van der Waals surface area contributed by atoms with Gasteiger partial charge < -0.3 is 50.1 Å². The molecule has 86 heavy (non-hydrogen) atoms. The summed E-state index contributed by atoms with van der Waals surface area (Å²) >= 11 is 2.48. The van der Waals surface area contributed by atoms with Gasteiger partial charge in [-0.25, -0.2) is 33.1 Å². The molecule has 0 radical (unpaired) electrons. The summed E-state index contributed by atoms with van der Waals surface area (Å²) in [5.41, 5.74) is -1.34. The van der Waals surface area contributed by atoms with Gasteiger partial charge >= 0.3 is 27.5 Å². The summed E-state index contributed by atoms with van der Waals surface area (Å²) in [4.78, 5) is 87.2. The van der Waals surface area contributed by atoms with E-state index in [4.69, 9.17) is 24.5 Å². The number of aliphatic hydroxyl groups excluding tert-OH is 2. The Morgan fingerprint density at radius 1 is 0.628 bits per heavy atom. The zero-order chi connectivity index (χ0) is 67.4. The Balaban J connectivity index is 0.000000492. The van der Waals surface area contributed by atoms with Crippen LogP contribution in [-0.4, -0.2) is 113 Å². The Morgan fingerprint density at radius 3 is 1.37 bits per heavy atom. The fourth-order valence-corrected chi connectivity index (χ4v) is 8.70. The van der Waals surface area contributed by atoms with Crippen molar-refractivity contribution in [2.24, 2.45) is 10.8 Å². The van der Waals surface area contributed by atoms with Gasteiger partial charge in [0.2, 0.25) is 23.4 Å². The van der Waals surface area contributed by atoms with Gasteiger partial charge in [-0.05, 0) is 52.4 Å². The number of aromatic amines is 6. The van der Waals surface area contributed by atoms with Crippen molar-refractivity contribution in [2.45, 2.75) is 211 Å². The van der Waals surface area contributed by atoms with Gasteiger partial charge in [-0.1, -0.05) is 158 Å². The van der Waals surface area contributed by atoms with E-state index >= 15 is 0 Å². The summed E-state index contributed by atoms with van der Waals surface area (Å²) in [7, 11) is -1.54. The van der Waals surface area contributed by atoms with Crippen molar-refractivity contribution in [1.29, 1.82) is 0 Å². The lowest BCUT2D eigenvalue weighted by Gasteiger charge is -2.25. The number of cyclic esters (lactones) is 1. The fraction of sp³-hybridized carbons (Fsp3) is 0.630. The third kappa shape index (κ3) is 25.2. The first kappa shape index (κ1) is 76.6. The van der Waals surface area contributed by atoms with Crippen LogP contribution in [0.1, 0.15) is 187 Å². The molecule has 32 heteroatoms. The summed E-state index contributed by atoms with van der Waals surface area (Å²) < 4.78 is 27.2. The van der Waals surface area contributed by atoms with Crippen LogP contribution in [0.15, 0.2) is 58.4 Å². The first-order valence-electron chi connectivity index (χ1n) is 26.6. The number of ether oxygens (including phenoxy) is 1. The van der Waals surface area contributed by atoms with Gasteiger partial charge in [0.25, 0.3) is 17.0 Å². The molecular weight excluding hydrogens is 1180 g/mol. The van der Waals surface area contributed by atoms with Crippen LogP contribution in [-0.2, 0) is 53.3 Å². The quantitative estimate of drug-likeness (QED) is 0.0653. The molecule has 2 aliphatic heterocycles. The van der Waals surface area contributed by atoms with Crippen LogP contribution >= 0.6 is 22.9 Å². The molecule has 0 spiro atoms. The van der Waals surface area contributed by atoms with Gasteiger partial charge in [0.15, 0.2) is 28.6 Å². The van der Waals surface area contributed by atoms with Crippen molar-refractivity contribution < 1.29 is 53.6 Å². The topological polar surface area (TPSA) is 448 Å². The van der Waals surface area contributed by atoms with Gasteiger partial charge in [-0.2, -0.15) is 9.90 Å². The van der Waals surface area contributed by atoms with E-state index in [-0.39, 0.29) is 95.3 Å². The number of amides is 1. The molecular formula is C54H91N13O16S3. The number of nitrogens with one attached hydrogen (secondary N) is 8. The van der Waals surface area contributed by atoms with Crippen LogP contribution in [0.25, 0.3) is 0 Å². The van der Waals surface area contributed by atoms with E-state index in [0.717, 1.165) is 16.2 Å². The maximum atomic E-state index is 10.8. The molecule has 29 nitrogen and oxygen atoms in total. The Bertz CT molecular complexity index is 3280. The van der Waals surface area contributed by atoms with Crippen molar-refractivity contribution in [3.8, 4) is 23.5 Å². The number of thiazole rings is 1. The molecule has 3 atom stereocenters. The molecule has 3 unspecified atom stereocenters. The molecule has 0 aromatic carbocycles. The number of aromatic nitrogens is 11. The maximum absolute atomic E-state index is 10.8. The molecule has 8 rings (SSSR count). The standard InChI is InChI=1S/C8H12O4.C7H12N2O2.C7H11NO3.C7H11NO2S.C7H11NOS.2C6H11N3O.C6H12N2O2S/c1-8(2,3)6-4(9)5(10)7(11)12-6;1-7(2,3)4-5(10)9-6(11)8-4;2*1-7(2,3)4-5(9)8-6(10)11-4;1-7(2,3)5-4-6(9)8-10-5;1-6(2,3)9-4-5(10)7-8-9;1-6(2,3)9-7-4-5(10)8-9;1-6(2,3)4-7-5(9)11(10)8-4/h6,9-10H,1-3H3;10H,1-3H3,(H2,8,9,11);2*9H,1-3H3,(H,8,10);4H,1-3H3,(H,8,9);4,10H,1-3H3;4H,1-3H3,(H,8,10);4,8H,1-3H3,(H,7,9). The van der Waals surface area contributed by atoms with Gasteiger partial charge in [0.1, 0.15) is 6.20 Å². The number of carbonyl (C=O) groups excluding carboxylic acids is 2. The van der Waals surface area contributed by atoms with Crippen LogP contribution in [0, 0.1) is 10.8 Å². The highest BCUT2D eigenvalue weighted by molar-refractivity contribution is 7.98. The molecule has 6 aromatic heterocycles. The summed E-state index contributed by atoms with van der Waals surface area (Å²) in [6.07, 6.45) is 1.85. The second-order valence-corrected chi connectivity index (χ2v) is 30.6. The largest absolute Gasteiger partial charge is 0.505 e. The average Bonchev–Trinajstić information content (AvgIpc) is 4.29. The van der Waals surface area contributed by atoms with Crippen LogP contribution in [0.3, 0.4) is 0 Å². The third-order valence-electron chi connectivity index (χ3n) is 10.9. The molecule has 2 aliphatic rings. The zero-order valence-electron chi connectivity index (χ0n) is 53.6. The van der Waals surface area contributed by atoms with E-state index in [1.165, 1.54) is 28.7 Å². The lowest BCUT2D eigenvalue weighted by Crippen LogP contribution is -2.43. The number of imidazole rings is 1. The van der Waals surface area contributed by atoms with E-state index in [0.29, 0.717) is 16.3 Å². The predicted octanol–water partition coefficient (Wildman–Crippen LogP) is 7.54. The van der Waals surface area contributed by atoms with E-state index in [1.807, 2.05) is 125 Å². The third-order valence-corrected chi connectivity index (χ3v) is 14.3. The van der Waals surface area contributed by atoms with Gasteiger partial charge in [-0.15, -0.1) is 0 Å². The fourth-order valence-electron chi connectivity index (χ4n) is 6.21. The molecule has 0 aliphatic carbocycles. The van der Waals surface area contributed by atoms with E-state index in [9.17, 15) is 53.1 Å². The smallest absolute Gasteiger partial charge is 0.419 e. The van der Waals surface area contributed by atoms with Crippen molar-refractivity contribution in [2.75, 3.05) is 0 Å². The van der Waals surface area contributed by atoms with Crippen LogP contribution in [0.5, 0.6) is 23.5 Å². The normalized spacial score (nSPS) is 16.3. The number of esters is 1. The number of H-pyrrole nitrogens is 6. The minimum Gasteiger partial charge on any atom is -0.505 e. The number of oxazole rings is 1. The Labute approximate surface area is 508 Å². The van der Waals surface area contributed by atoms with E-state index in [2.05, 4.69) is 75.6 Å². The average molecular weight is 1270 g/mol. The molecule has 1 amide bonds. The Hall–Kier alpha value is -7.45. The molecule has 1 fully saturated rings. The zero-order valence-corrected chi connectivity index (χ0v) is 56.1. The van der Waals surface area contributed by atoms with Crippen LogP contribution in [0.4, 0.5) is 4.79 Å². The van der Waals surface area contributed by atoms with Gasteiger partial charge in [0, 0.05) is 32.6 Å². The summed E-state index contributed by atoms with van der Waals surface area (Å²) in [5, 5.41) is 70.3. The number of rotatable bonds is 0. The van der Waals surface area contributed by atoms with Crippen molar-refractivity contribution in [3.63, 3.8) is 0 Å². The molecule has 8 heterocycles. The lowest BCUT2D eigenvalue weighted by molar-refractivity contribution is -0.146. The number of hydrogen-bond donors (Lipinski definition) is 14. The van der Waals surface area contributed by atoms with Gasteiger partial charge in [0.05, 0.1) is 34.0 Å². The van der Waals surface area contributed by atoms with E-state index in [1.54, 1.807) is 31.5 Å². The minimum atomic E-state index is -1.54. The molecule has 14 N–H and O–H groups in total. The monoisotopic (exact) mass is 1270 g/mol. The summed E-state index contributed by atoms with van der Waals surface area (Å²) in [6.45, 7) is 46.6. The minimum absolute atomic E-state index is 0.00694. The second-order valence-electron chi connectivity index (χ2n) is 27.7. The SMILES string of the molecule is CC(C)(C)C1NC(=O)S(=O)N1.CC(C)(C)C1OC(=O)C(O)=C1O.CC(C)(C)c1[nH]c(=O)[nH]c1O.CC(C)(C)c1cc(=O)[nH]s1.CC(C)(C)c1oc(=O)[nH]c1O.CC(C)(C)c1sc(=O)[nH]c1O.CC(C)(C)n1cc(O)nn1.CC(C)(C)n1ncc(=O)[nH]1. The number of aliphatic hydroxyl groups is 2. The Morgan fingerprint density at radius 2 is 1.19 bits per heavy atom. The molecule has 6 aromatic rings. The van der Waals surface area contributed by atoms with Crippen molar-refractivity contribution in [3.05, 3.63) is 103 Å². The molecule has 0 saturated carbocycles. The Kier molecular flexibility index (Phi) is 26.1. The molecule has 0 bridgehead atoms. The van der Waals surface area contributed by atoms with Crippen molar-refractivity contribution in [1.82, 2.24) is 64.3 Å².